The van der Waals surface area contributed by atoms with Crippen LogP contribution >= 0.6 is 0 Å². The highest BCUT2D eigenvalue weighted by Crippen LogP contribution is 2.21. The Kier molecular flexibility index (Phi) is 12.1. The largest absolute Gasteiger partial charge is 0.418 e. The molecule has 0 aliphatic carbocycles. The minimum Gasteiger partial charge on any atom is -0.418 e. The fraction of sp³-hybridized carbons (Fsp3) is 0.875. The van der Waals surface area contributed by atoms with Gasteiger partial charge in [0.2, 0.25) is 0 Å². The molecular formula is C24H57N3O6Si6. The molecule has 0 fully saturated rings. The average molecular weight is 652 g/mol. The maximum atomic E-state index is 13.5. The van der Waals surface area contributed by atoms with E-state index in [2.05, 4.69) is 98.2 Å². The number of rotatable bonds is 15. The zero-order chi connectivity index (χ0) is 30.8. The zero-order valence-corrected chi connectivity index (χ0v) is 33.5. The summed E-state index contributed by atoms with van der Waals surface area (Å²) in [5.41, 5.74) is -1.77. The Labute approximate surface area is 241 Å². The van der Waals surface area contributed by atoms with Crippen molar-refractivity contribution in [2.75, 3.05) is 19.8 Å². The van der Waals surface area contributed by atoms with Crippen molar-refractivity contribution in [2.45, 2.75) is 118 Å². The molecule has 0 amide bonds. The molecule has 1 aromatic heterocycles. The van der Waals surface area contributed by atoms with Crippen LogP contribution in [0, 0.1) is 0 Å². The fourth-order valence-electron chi connectivity index (χ4n) is 3.08. The molecular weight excluding hydrogens is 595 g/mol. The van der Waals surface area contributed by atoms with Gasteiger partial charge in [0.25, 0.3) is 0 Å². The molecule has 0 bridgehead atoms. The first-order chi connectivity index (χ1) is 17.3. The monoisotopic (exact) mass is 651 g/mol. The minimum absolute atomic E-state index is 0.116. The van der Waals surface area contributed by atoms with E-state index in [0.717, 1.165) is 13.7 Å². The second kappa shape index (κ2) is 12.8. The van der Waals surface area contributed by atoms with Crippen LogP contribution in [0.1, 0.15) is 0 Å². The summed E-state index contributed by atoms with van der Waals surface area (Å²) in [4.78, 5) is 40.4. The van der Waals surface area contributed by atoms with Crippen LogP contribution in [-0.4, -0.2) is 79.8 Å². The van der Waals surface area contributed by atoms with Crippen LogP contribution in [-0.2, 0) is 32.9 Å². The molecule has 0 saturated heterocycles. The van der Waals surface area contributed by atoms with Crippen LogP contribution in [0.2, 0.25) is 98.2 Å². The summed E-state index contributed by atoms with van der Waals surface area (Å²) in [6.45, 7) is 34.9. The average Bonchev–Trinajstić information content (AvgIpc) is 2.72. The van der Waals surface area contributed by atoms with E-state index in [1.165, 1.54) is 0 Å². The highest BCUT2D eigenvalue weighted by Gasteiger charge is 2.40. The molecule has 1 aromatic rings. The van der Waals surface area contributed by atoms with Gasteiger partial charge in [-0.05, 0) is 39.3 Å². The number of aromatic nitrogens is 3. The molecule has 9 nitrogen and oxygen atoms in total. The molecule has 228 valence electrons. The van der Waals surface area contributed by atoms with Crippen LogP contribution in [0.4, 0.5) is 0 Å². The van der Waals surface area contributed by atoms with Crippen LogP contribution < -0.4 is 17.1 Å². The standard InChI is InChI=1S/C24H57N3O6Si6/c1-34(2,3)37(10,11)31-19-16-25-22(28)26(17-20-32-38(12,13)35(4,5)6)24(30)27(23(25)29)18-21-33-39(14,15)36(7,8)9/h16-21H2,1-15H3. The predicted octanol–water partition coefficient (Wildman–Crippen LogP) is 4.09. The van der Waals surface area contributed by atoms with E-state index in [9.17, 15) is 14.4 Å². The molecule has 0 spiro atoms. The van der Waals surface area contributed by atoms with Gasteiger partial charge in [0.05, 0.1) is 62.2 Å². The van der Waals surface area contributed by atoms with Crippen molar-refractivity contribution in [2.24, 2.45) is 0 Å². The van der Waals surface area contributed by atoms with Gasteiger partial charge in [0.1, 0.15) is 0 Å². The van der Waals surface area contributed by atoms with Crippen LogP contribution in [0.25, 0.3) is 0 Å². The third-order valence-corrected chi connectivity index (χ3v) is 56.6. The van der Waals surface area contributed by atoms with E-state index in [-0.39, 0.29) is 39.5 Å². The lowest BCUT2D eigenvalue weighted by Crippen LogP contribution is -2.58. The summed E-state index contributed by atoms with van der Waals surface area (Å²) in [6, 6.07) is 0. The smallest absolute Gasteiger partial charge is 0.336 e. The summed E-state index contributed by atoms with van der Waals surface area (Å²) in [6.07, 6.45) is 0. The van der Waals surface area contributed by atoms with E-state index in [4.69, 9.17) is 13.3 Å². The number of hydrogen-bond acceptors (Lipinski definition) is 6. The molecule has 0 radical (unpaired) electrons. The molecule has 0 N–H and O–H groups in total. The zero-order valence-electron chi connectivity index (χ0n) is 27.5. The van der Waals surface area contributed by atoms with Gasteiger partial charge in [-0.3, -0.25) is 0 Å². The number of hydrogen-bond donors (Lipinski definition) is 0. The Balaban J connectivity index is 3.38. The lowest BCUT2D eigenvalue weighted by atomic mass is 10.6. The van der Waals surface area contributed by atoms with Crippen molar-refractivity contribution in [3.05, 3.63) is 31.5 Å². The van der Waals surface area contributed by atoms with Gasteiger partial charge in [-0.1, -0.05) is 58.9 Å². The fourth-order valence-corrected chi connectivity index (χ4v) is 11.0. The topological polar surface area (TPSA) is 93.7 Å². The van der Waals surface area contributed by atoms with Crippen LogP contribution in [0.3, 0.4) is 0 Å². The third kappa shape index (κ3) is 9.29. The van der Waals surface area contributed by atoms with Crippen LogP contribution in [0.15, 0.2) is 14.4 Å². The van der Waals surface area contributed by atoms with Gasteiger partial charge in [-0.25, -0.2) is 28.1 Å². The maximum Gasteiger partial charge on any atom is 0.336 e. The van der Waals surface area contributed by atoms with Gasteiger partial charge >= 0.3 is 17.1 Å². The highest BCUT2D eigenvalue weighted by molar-refractivity contribution is 7.38. The molecule has 1 heterocycles. The van der Waals surface area contributed by atoms with E-state index in [1.54, 1.807) is 0 Å². The maximum absolute atomic E-state index is 13.5. The molecule has 0 aliphatic rings. The third-order valence-electron chi connectivity index (χ3n) is 9.14. The van der Waals surface area contributed by atoms with E-state index in [0.29, 0.717) is 0 Å². The summed E-state index contributed by atoms with van der Waals surface area (Å²) < 4.78 is 22.5. The molecule has 0 atom stereocenters. The first kappa shape index (κ1) is 36.6. The van der Waals surface area contributed by atoms with Crippen molar-refractivity contribution in [1.82, 2.24) is 13.7 Å². The molecule has 0 aliphatic heterocycles. The van der Waals surface area contributed by atoms with Gasteiger partial charge < -0.3 is 13.3 Å². The lowest BCUT2D eigenvalue weighted by molar-refractivity contribution is 0.257. The molecule has 15 heteroatoms. The SMILES string of the molecule is C[Si](C)(C)[Si](C)(C)OCCn1c(=O)n(CCO[Si](C)(C)[Si](C)(C)C)c(=O)n(CCO[Si](C)(C)[Si](C)(C)C)c1=O. The summed E-state index contributed by atoms with van der Waals surface area (Å²) in [5, 5.41) is 0. The van der Waals surface area contributed by atoms with E-state index < -0.39 is 63.3 Å². The van der Waals surface area contributed by atoms with Crippen molar-refractivity contribution in [1.29, 1.82) is 0 Å². The summed E-state index contributed by atoms with van der Waals surface area (Å²) >= 11 is 0. The van der Waals surface area contributed by atoms with E-state index in [1.807, 2.05) is 0 Å². The predicted molar refractivity (Wildman–Crippen MR) is 180 cm³/mol. The Hall–Kier alpha value is -0.409. The van der Waals surface area contributed by atoms with Crippen LogP contribution in [0.5, 0.6) is 0 Å². The van der Waals surface area contributed by atoms with E-state index >= 15 is 0 Å². The van der Waals surface area contributed by atoms with Crippen molar-refractivity contribution in [3.63, 3.8) is 0 Å². The van der Waals surface area contributed by atoms with Gasteiger partial charge in [0.15, 0.2) is 23.5 Å². The normalized spacial score (nSPS) is 14.2. The quantitative estimate of drug-likeness (QED) is 0.265. The van der Waals surface area contributed by atoms with Crippen molar-refractivity contribution < 1.29 is 13.3 Å². The first-order valence-electron chi connectivity index (χ1n) is 14.1. The Bertz CT molecular complexity index is 981. The Morgan fingerprint density at radius 2 is 0.590 bits per heavy atom. The summed E-state index contributed by atoms with van der Waals surface area (Å²) in [5.74, 6) is 0. The van der Waals surface area contributed by atoms with Gasteiger partial charge in [-0.2, -0.15) is 0 Å². The molecule has 1 rings (SSSR count). The van der Waals surface area contributed by atoms with Gasteiger partial charge in [0, 0.05) is 0 Å². The molecule has 39 heavy (non-hydrogen) atoms. The van der Waals surface area contributed by atoms with Gasteiger partial charge in [-0.15, -0.1) is 0 Å². The Morgan fingerprint density at radius 1 is 0.410 bits per heavy atom. The lowest BCUT2D eigenvalue weighted by Gasteiger charge is -2.35. The second-order valence-corrected chi connectivity index (χ2v) is 62.9. The first-order valence-corrected chi connectivity index (χ1v) is 36.4. The number of nitrogens with zero attached hydrogens (tertiary/aromatic N) is 3. The van der Waals surface area contributed by atoms with Crippen molar-refractivity contribution in [3.8, 4) is 0 Å². The molecule has 0 unspecified atom stereocenters. The summed E-state index contributed by atoms with van der Waals surface area (Å²) in [7, 11) is -10.3. The van der Waals surface area contributed by atoms with Crippen molar-refractivity contribution >= 4 is 46.3 Å². The second-order valence-electron chi connectivity index (χ2n) is 15.1. The minimum atomic E-state index is -1.93. The Morgan fingerprint density at radius 3 is 0.744 bits per heavy atom. The molecule has 0 saturated carbocycles. The molecule has 0 aromatic carbocycles. The highest BCUT2D eigenvalue weighted by atomic mass is 29.3.